The lowest BCUT2D eigenvalue weighted by atomic mass is 10.3. The maximum absolute atomic E-state index is 11.3. The first-order chi connectivity index (χ1) is 8.67. The first kappa shape index (κ1) is 14.6. The van der Waals surface area contributed by atoms with Crippen molar-refractivity contribution in [2.24, 2.45) is 0 Å². The maximum atomic E-state index is 11.3. The van der Waals surface area contributed by atoms with Crippen LogP contribution in [0.1, 0.15) is 32.4 Å². The molecule has 0 bridgehead atoms. The van der Waals surface area contributed by atoms with Crippen molar-refractivity contribution in [3.8, 4) is 0 Å². The van der Waals surface area contributed by atoms with Crippen LogP contribution in [0.2, 0.25) is 0 Å². The second kappa shape index (κ2) is 7.81. The molecule has 0 spiro atoms. The predicted molar refractivity (Wildman–Crippen MR) is 72.9 cm³/mol. The summed E-state index contributed by atoms with van der Waals surface area (Å²) in [5, 5.41) is 10.7. The Morgan fingerprint density at radius 3 is 2.56 bits per heavy atom. The summed E-state index contributed by atoms with van der Waals surface area (Å²) in [5.41, 5.74) is 0.206. The van der Waals surface area contributed by atoms with Crippen molar-refractivity contribution in [1.29, 1.82) is 0 Å². The lowest BCUT2D eigenvalue weighted by Gasteiger charge is -2.17. The number of hydrogen-bond donors (Lipinski definition) is 2. The molecule has 0 aliphatic rings. The average Bonchev–Trinajstić information content (AvgIpc) is 2.38. The molecule has 0 aliphatic heterocycles. The molecule has 1 heterocycles. The Morgan fingerprint density at radius 2 is 1.94 bits per heavy atom. The number of anilines is 1. The summed E-state index contributed by atoms with van der Waals surface area (Å²) >= 11 is 0. The van der Waals surface area contributed by atoms with E-state index in [1.165, 1.54) is 0 Å². The van der Waals surface area contributed by atoms with Gasteiger partial charge < -0.3 is 10.2 Å². The normalized spacial score (nSPS) is 10.9. The minimum atomic E-state index is -0.185. The zero-order chi connectivity index (χ0) is 13.4. The molecular weight excluding hydrogens is 230 g/mol. The van der Waals surface area contributed by atoms with E-state index in [0.29, 0.717) is 11.6 Å². The van der Waals surface area contributed by atoms with Gasteiger partial charge in [-0.05, 0) is 39.4 Å². The lowest BCUT2D eigenvalue weighted by molar-refractivity contribution is 0.298. The van der Waals surface area contributed by atoms with Gasteiger partial charge in [0, 0.05) is 6.54 Å². The second-order valence-electron chi connectivity index (χ2n) is 4.25. The van der Waals surface area contributed by atoms with Gasteiger partial charge in [-0.2, -0.15) is 0 Å². The molecule has 102 valence electrons. The number of H-pyrrole nitrogens is 1. The van der Waals surface area contributed by atoms with E-state index in [1.54, 1.807) is 6.92 Å². The number of rotatable bonds is 8. The van der Waals surface area contributed by atoms with Crippen LogP contribution in [-0.2, 0) is 0 Å². The molecule has 0 aromatic carbocycles. The van der Waals surface area contributed by atoms with E-state index in [1.807, 2.05) is 0 Å². The Balaban J connectivity index is 2.21. The third kappa shape index (κ3) is 4.83. The maximum Gasteiger partial charge on any atom is 0.273 e. The molecule has 0 saturated carbocycles. The van der Waals surface area contributed by atoms with Crippen LogP contribution in [0.5, 0.6) is 0 Å². The van der Waals surface area contributed by atoms with Crippen LogP contribution in [-0.4, -0.2) is 46.3 Å². The molecular formula is C12H23N5O. The summed E-state index contributed by atoms with van der Waals surface area (Å²) in [6.45, 7) is 10.1. The molecule has 0 saturated heterocycles. The molecule has 1 aromatic rings. The third-order valence-electron chi connectivity index (χ3n) is 2.95. The van der Waals surface area contributed by atoms with Crippen LogP contribution < -0.4 is 10.9 Å². The number of nitrogens with zero attached hydrogens (tertiary/aromatic N) is 3. The second-order valence-corrected chi connectivity index (χ2v) is 4.25. The van der Waals surface area contributed by atoms with Crippen LogP contribution in [0.15, 0.2) is 4.79 Å². The van der Waals surface area contributed by atoms with Gasteiger partial charge in [0.1, 0.15) is 5.69 Å². The molecule has 2 N–H and O–H groups in total. The van der Waals surface area contributed by atoms with Crippen molar-refractivity contribution < 1.29 is 0 Å². The Kier molecular flexibility index (Phi) is 6.35. The van der Waals surface area contributed by atoms with Crippen molar-refractivity contribution in [2.75, 3.05) is 31.5 Å². The third-order valence-corrected chi connectivity index (χ3v) is 2.95. The summed E-state index contributed by atoms with van der Waals surface area (Å²) in [4.78, 5) is 16.3. The summed E-state index contributed by atoms with van der Waals surface area (Å²) in [7, 11) is 0. The van der Waals surface area contributed by atoms with E-state index in [0.717, 1.165) is 39.0 Å². The topological polar surface area (TPSA) is 73.9 Å². The van der Waals surface area contributed by atoms with E-state index in [9.17, 15) is 4.79 Å². The molecule has 0 radical (unpaired) electrons. The molecule has 0 amide bonds. The predicted octanol–water partition coefficient (Wildman–Crippen LogP) is 1.01. The summed E-state index contributed by atoms with van der Waals surface area (Å²) in [6.07, 6.45) is 2.19. The van der Waals surface area contributed by atoms with Gasteiger partial charge in [-0.15, -0.1) is 10.2 Å². The fourth-order valence-corrected chi connectivity index (χ4v) is 1.68. The molecule has 1 rings (SSSR count). The number of hydrogen-bond acceptors (Lipinski definition) is 5. The molecule has 6 nitrogen and oxygen atoms in total. The van der Waals surface area contributed by atoms with Gasteiger partial charge in [0.2, 0.25) is 5.95 Å². The number of aromatic nitrogens is 3. The number of aryl methyl sites for hydroxylation is 1. The van der Waals surface area contributed by atoms with Crippen LogP contribution in [0.25, 0.3) is 0 Å². The Bertz CT molecular complexity index is 400. The first-order valence-corrected chi connectivity index (χ1v) is 6.57. The molecule has 0 fully saturated rings. The summed E-state index contributed by atoms with van der Waals surface area (Å²) < 4.78 is 0. The van der Waals surface area contributed by atoms with Crippen LogP contribution in [0, 0.1) is 6.92 Å². The Hall–Kier alpha value is -1.43. The fraction of sp³-hybridized carbons (Fsp3) is 0.750. The van der Waals surface area contributed by atoms with E-state index >= 15 is 0 Å². The van der Waals surface area contributed by atoms with Gasteiger partial charge in [-0.3, -0.25) is 9.78 Å². The lowest BCUT2D eigenvalue weighted by Crippen LogP contribution is -2.24. The SMILES string of the molecule is CCN(CC)CCCCNc1nnc(C)c(=O)[nH]1. The van der Waals surface area contributed by atoms with Crippen LogP contribution in [0.4, 0.5) is 5.95 Å². The molecule has 1 aromatic heterocycles. The highest BCUT2D eigenvalue weighted by atomic mass is 16.1. The van der Waals surface area contributed by atoms with Gasteiger partial charge in [0.25, 0.3) is 5.56 Å². The summed E-state index contributed by atoms with van der Waals surface area (Å²) in [6, 6.07) is 0. The van der Waals surface area contributed by atoms with E-state index in [4.69, 9.17) is 0 Å². The fourth-order valence-electron chi connectivity index (χ4n) is 1.68. The van der Waals surface area contributed by atoms with Gasteiger partial charge in [-0.1, -0.05) is 13.8 Å². The monoisotopic (exact) mass is 253 g/mol. The zero-order valence-corrected chi connectivity index (χ0v) is 11.5. The smallest absolute Gasteiger partial charge is 0.273 e. The molecule has 18 heavy (non-hydrogen) atoms. The highest BCUT2D eigenvalue weighted by molar-refractivity contribution is 5.20. The van der Waals surface area contributed by atoms with E-state index in [2.05, 4.69) is 39.2 Å². The van der Waals surface area contributed by atoms with Crippen LogP contribution >= 0.6 is 0 Å². The van der Waals surface area contributed by atoms with Crippen molar-refractivity contribution in [3.63, 3.8) is 0 Å². The van der Waals surface area contributed by atoms with Crippen molar-refractivity contribution in [1.82, 2.24) is 20.1 Å². The van der Waals surface area contributed by atoms with Gasteiger partial charge in [0.15, 0.2) is 0 Å². The van der Waals surface area contributed by atoms with Gasteiger partial charge >= 0.3 is 0 Å². The van der Waals surface area contributed by atoms with E-state index in [-0.39, 0.29) is 5.56 Å². The largest absolute Gasteiger partial charge is 0.354 e. The highest BCUT2D eigenvalue weighted by Crippen LogP contribution is 1.97. The quantitative estimate of drug-likeness (QED) is 0.676. The Morgan fingerprint density at radius 1 is 1.22 bits per heavy atom. The number of aromatic amines is 1. The zero-order valence-electron chi connectivity index (χ0n) is 11.5. The molecule has 6 heteroatoms. The van der Waals surface area contributed by atoms with Crippen molar-refractivity contribution in [3.05, 3.63) is 16.0 Å². The highest BCUT2D eigenvalue weighted by Gasteiger charge is 2.00. The standard InChI is InChI=1S/C12H23N5O/c1-4-17(5-2)9-7-6-8-13-12-14-11(18)10(3)15-16-12/h4-9H2,1-3H3,(H2,13,14,16,18). The van der Waals surface area contributed by atoms with Gasteiger partial charge in [0.05, 0.1) is 0 Å². The van der Waals surface area contributed by atoms with Crippen molar-refractivity contribution >= 4 is 5.95 Å². The van der Waals surface area contributed by atoms with E-state index < -0.39 is 0 Å². The minimum absolute atomic E-state index is 0.185. The van der Waals surface area contributed by atoms with Crippen molar-refractivity contribution in [2.45, 2.75) is 33.6 Å². The van der Waals surface area contributed by atoms with Gasteiger partial charge in [-0.25, -0.2) is 0 Å². The molecule has 0 atom stereocenters. The summed E-state index contributed by atoms with van der Waals surface area (Å²) in [5.74, 6) is 0.452. The minimum Gasteiger partial charge on any atom is -0.354 e. The van der Waals surface area contributed by atoms with Crippen LogP contribution in [0.3, 0.4) is 0 Å². The Labute approximate surface area is 108 Å². The average molecular weight is 253 g/mol. The first-order valence-electron chi connectivity index (χ1n) is 6.57. The number of unbranched alkanes of at least 4 members (excludes halogenated alkanes) is 1. The number of nitrogens with one attached hydrogen (secondary N) is 2. The molecule has 0 aliphatic carbocycles. The molecule has 0 unspecified atom stereocenters.